The molecule has 0 aromatic heterocycles. The van der Waals surface area contributed by atoms with E-state index in [9.17, 15) is 14.4 Å². The highest BCUT2D eigenvalue weighted by Gasteiger charge is 2.33. The molecule has 0 bridgehead atoms. The predicted octanol–water partition coefficient (Wildman–Crippen LogP) is 0.187. The molecule has 2 atom stereocenters. The third-order valence-corrected chi connectivity index (χ3v) is 2.10. The molecule has 6 nitrogen and oxygen atoms in total. The SMILES string of the molecule is CC(=O)OC[C@H]1OC(=O)CC[C@@H]1OC(C)=O. The van der Waals surface area contributed by atoms with E-state index in [1.165, 1.54) is 13.8 Å². The first-order valence-electron chi connectivity index (χ1n) is 4.99. The van der Waals surface area contributed by atoms with Gasteiger partial charge in [0.15, 0.2) is 6.10 Å². The van der Waals surface area contributed by atoms with Crippen LogP contribution in [0.3, 0.4) is 0 Å². The van der Waals surface area contributed by atoms with E-state index in [0.29, 0.717) is 6.42 Å². The third-order valence-electron chi connectivity index (χ3n) is 2.10. The third kappa shape index (κ3) is 3.88. The Kier molecular flexibility index (Phi) is 4.28. The molecule has 0 saturated carbocycles. The van der Waals surface area contributed by atoms with Crippen LogP contribution in [-0.2, 0) is 28.6 Å². The van der Waals surface area contributed by atoms with Crippen LogP contribution in [0.5, 0.6) is 0 Å². The standard InChI is InChI=1S/C10H14O6/c1-6(11)14-5-9-8(15-7(2)12)3-4-10(13)16-9/h8-9H,3-5H2,1-2H3/t8-,9+/m0/s1. The van der Waals surface area contributed by atoms with Gasteiger partial charge in [-0.05, 0) is 6.42 Å². The van der Waals surface area contributed by atoms with Crippen molar-refractivity contribution in [2.75, 3.05) is 6.61 Å². The maximum Gasteiger partial charge on any atom is 0.306 e. The van der Waals surface area contributed by atoms with Crippen LogP contribution < -0.4 is 0 Å². The van der Waals surface area contributed by atoms with E-state index in [0.717, 1.165) is 0 Å². The average Bonchev–Trinajstić information content (AvgIpc) is 2.17. The zero-order chi connectivity index (χ0) is 12.1. The summed E-state index contributed by atoms with van der Waals surface area (Å²) in [5.41, 5.74) is 0. The smallest absolute Gasteiger partial charge is 0.306 e. The van der Waals surface area contributed by atoms with E-state index in [-0.39, 0.29) is 19.0 Å². The normalized spacial score (nSPS) is 24.5. The monoisotopic (exact) mass is 230 g/mol. The Hall–Kier alpha value is -1.59. The van der Waals surface area contributed by atoms with Crippen LogP contribution in [0.2, 0.25) is 0 Å². The van der Waals surface area contributed by atoms with Gasteiger partial charge in [-0.1, -0.05) is 0 Å². The topological polar surface area (TPSA) is 78.9 Å². The molecule has 0 amide bonds. The van der Waals surface area contributed by atoms with E-state index >= 15 is 0 Å². The van der Waals surface area contributed by atoms with Gasteiger partial charge in [0, 0.05) is 20.3 Å². The van der Waals surface area contributed by atoms with Gasteiger partial charge < -0.3 is 14.2 Å². The van der Waals surface area contributed by atoms with Crippen molar-refractivity contribution in [3.63, 3.8) is 0 Å². The lowest BCUT2D eigenvalue weighted by atomic mass is 10.1. The minimum Gasteiger partial charge on any atom is -0.462 e. The van der Waals surface area contributed by atoms with Gasteiger partial charge in [-0.25, -0.2) is 0 Å². The van der Waals surface area contributed by atoms with Gasteiger partial charge in [0.05, 0.1) is 0 Å². The van der Waals surface area contributed by atoms with Crippen LogP contribution in [0.25, 0.3) is 0 Å². The molecule has 0 N–H and O–H groups in total. The van der Waals surface area contributed by atoms with Crippen LogP contribution >= 0.6 is 0 Å². The molecule has 6 heteroatoms. The van der Waals surface area contributed by atoms with E-state index in [2.05, 4.69) is 0 Å². The largest absolute Gasteiger partial charge is 0.462 e. The van der Waals surface area contributed by atoms with Crippen LogP contribution in [0.15, 0.2) is 0 Å². The number of carbonyl (C=O) groups excluding carboxylic acids is 3. The number of esters is 3. The highest BCUT2D eigenvalue weighted by atomic mass is 16.6. The van der Waals surface area contributed by atoms with Gasteiger partial charge in [-0.15, -0.1) is 0 Å². The van der Waals surface area contributed by atoms with Crippen LogP contribution in [0.4, 0.5) is 0 Å². The first-order chi connectivity index (χ1) is 7.49. The molecule has 16 heavy (non-hydrogen) atoms. The summed E-state index contributed by atoms with van der Waals surface area (Å²) in [5.74, 6) is -1.29. The molecule has 1 aliphatic rings. The summed E-state index contributed by atoms with van der Waals surface area (Å²) in [5, 5.41) is 0. The van der Waals surface area contributed by atoms with Gasteiger partial charge in [0.2, 0.25) is 0 Å². The maximum absolute atomic E-state index is 11.0. The second kappa shape index (κ2) is 5.48. The molecule has 90 valence electrons. The number of hydrogen-bond donors (Lipinski definition) is 0. The molecule has 0 spiro atoms. The summed E-state index contributed by atoms with van der Waals surface area (Å²) in [4.78, 5) is 32.5. The molecule has 1 saturated heterocycles. The number of ether oxygens (including phenoxy) is 3. The Morgan fingerprint density at radius 2 is 2.06 bits per heavy atom. The molecule has 0 aromatic carbocycles. The minimum absolute atomic E-state index is 0.0843. The fraction of sp³-hybridized carbons (Fsp3) is 0.700. The summed E-state index contributed by atoms with van der Waals surface area (Å²) in [6, 6.07) is 0. The lowest BCUT2D eigenvalue weighted by molar-refractivity contribution is -0.183. The molecule has 1 heterocycles. The van der Waals surface area contributed by atoms with E-state index in [1.807, 2.05) is 0 Å². The predicted molar refractivity (Wildman–Crippen MR) is 51.3 cm³/mol. The number of carbonyl (C=O) groups is 3. The number of hydrogen-bond acceptors (Lipinski definition) is 6. The summed E-state index contributed by atoms with van der Waals surface area (Å²) < 4.78 is 14.7. The lowest BCUT2D eigenvalue weighted by Crippen LogP contribution is -2.42. The van der Waals surface area contributed by atoms with Gasteiger partial charge in [-0.2, -0.15) is 0 Å². The van der Waals surface area contributed by atoms with E-state index < -0.39 is 24.1 Å². The van der Waals surface area contributed by atoms with Gasteiger partial charge in [0.25, 0.3) is 0 Å². The van der Waals surface area contributed by atoms with Crippen molar-refractivity contribution in [3.8, 4) is 0 Å². The Balaban J connectivity index is 2.54. The molecular weight excluding hydrogens is 216 g/mol. The molecule has 1 rings (SSSR count). The molecule has 0 unspecified atom stereocenters. The second-order valence-corrected chi connectivity index (χ2v) is 3.52. The Bertz CT molecular complexity index is 298. The fourth-order valence-electron chi connectivity index (χ4n) is 1.44. The van der Waals surface area contributed by atoms with Crippen molar-refractivity contribution in [3.05, 3.63) is 0 Å². The van der Waals surface area contributed by atoms with E-state index in [1.54, 1.807) is 0 Å². The Labute approximate surface area is 92.8 Å². The molecular formula is C10H14O6. The highest BCUT2D eigenvalue weighted by molar-refractivity contribution is 5.71. The zero-order valence-corrected chi connectivity index (χ0v) is 9.23. The van der Waals surface area contributed by atoms with Crippen LogP contribution in [0.1, 0.15) is 26.7 Å². The summed E-state index contributed by atoms with van der Waals surface area (Å²) in [6.45, 7) is 2.45. The lowest BCUT2D eigenvalue weighted by Gasteiger charge is -2.29. The van der Waals surface area contributed by atoms with Gasteiger partial charge in [-0.3, -0.25) is 14.4 Å². The van der Waals surface area contributed by atoms with Crippen LogP contribution in [0, 0.1) is 0 Å². The number of rotatable bonds is 3. The highest BCUT2D eigenvalue weighted by Crippen LogP contribution is 2.19. The van der Waals surface area contributed by atoms with Crippen molar-refractivity contribution in [1.82, 2.24) is 0 Å². The van der Waals surface area contributed by atoms with Crippen molar-refractivity contribution in [1.29, 1.82) is 0 Å². The molecule has 1 fully saturated rings. The fourth-order valence-corrected chi connectivity index (χ4v) is 1.44. The summed E-state index contributed by atoms with van der Waals surface area (Å²) in [7, 11) is 0. The second-order valence-electron chi connectivity index (χ2n) is 3.52. The molecule has 0 aliphatic carbocycles. The molecule has 0 radical (unpaired) electrons. The Morgan fingerprint density at radius 3 is 2.62 bits per heavy atom. The first kappa shape index (κ1) is 12.5. The van der Waals surface area contributed by atoms with Crippen molar-refractivity contribution in [2.45, 2.75) is 38.9 Å². The van der Waals surface area contributed by atoms with E-state index in [4.69, 9.17) is 14.2 Å². The summed E-state index contributed by atoms with van der Waals surface area (Å²) >= 11 is 0. The molecule has 1 aliphatic heterocycles. The van der Waals surface area contributed by atoms with Crippen molar-refractivity contribution >= 4 is 17.9 Å². The maximum atomic E-state index is 11.0. The first-order valence-corrected chi connectivity index (χ1v) is 4.99. The molecule has 0 aromatic rings. The van der Waals surface area contributed by atoms with Crippen molar-refractivity contribution in [2.24, 2.45) is 0 Å². The van der Waals surface area contributed by atoms with Crippen molar-refractivity contribution < 1.29 is 28.6 Å². The van der Waals surface area contributed by atoms with Gasteiger partial charge in [0.1, 0.15) is 12.7 Å². The zero-order valence-electron chi connectivity index (χ0n) is 9.23. The minimum atomic E-state index is -0.700. The quantitative estimate of drug-likeness (QED) is 0.508. The Morgan fingerprint density at radius 1 is 1.38 bits per heavy atom. The average molecular weight is 230 g/mol. The van der Waals surface area contributed by atoms with Crippen LogP contribution in [-0.4, -0.2) is 36.7 Å². The summed E-state index contributed by atoms with van der Waals surface area (Å²) in [6.07, 6.45) is -0.637. The number of cyclic esters (lactones) is 1. The van der Waals surface area contributed by atoms with Gasteiger partial charge >= 0.3 is 17.9 Å².